The number of hydrogen-bond donors (Lipinski definition) is 2. The van der Waals surface area contributed by atoms with Gasteiger partial charge < -0.3 is 15.0 Å². The van der Waals surface area contributed by atoms with Crippen LogP contribution in [0.2, 0.25) is 0 Å². The van der Waals surface area contributed by atoms with Crippen LogP contribution in [0.5, 0.6) is 5.75 Å². The molecule has 0 bridgehead atoms. The van der Waals surface area contributed by atoms with Crippen LogP contribution in [0.15, 0.2) is 85.2 Å². The summed E-state index contributed by atoms with van der Waals surface area (Å²) in [6, 6.07) is 22.9. The molecule has 2 N–H and O–H groups in total. The summed E-state index contributed by atoms with van der Waals surface area (Å²) >= 11 is 0. The Labute approximate surface area is 204 Å². The van der Waals surface area contributed by atoms with E-state index >= 15 is 0 Å². The molecule has 2 aromatic heterocycles. The summed E-state index contributed by atoms with van der Waals surface area (Å²) in [7, 11) is 0. The highest BCUT2D eigenvalue weighted by Gasteiger charge is 2.09. The average molecular weight is 484 g/mol. The predicted octanol–water partition coefficient (Wildman–Crippen LogP) is 6.53. The van der Waals surface area contributed by atoms with Gasteiger partial charge in [-0.3, -0.25) is 4.98 Å². The van der Waals surface area contributed by atoms with Gasteiger partial charge in [-0.05, 0) is 47.5 Å². The van der Waals surface area contributed by atoms with Crippen molar-refractivity contribution in [2.75, 3.05) is 13.2 Å². The van der Waals surface area contributed by atoms with Gasteiger partial charge in [-0.25, -0.2) is 4.39 Å². The first-order valence-corrected chi connectivity index (χ1v) is 10.3. The molecule has 0 aliphatic carbocycles. The second-order valence-electron chi connectivity index (χ2n) is 7.46. The zero-order valence-corrected chi connectivity index (χ0v) is 19.4. The minimum atomic E-state index is -0.238. The van der Waals surface area contributed by atoms with E-state index < -0.39 is 0 Å². The molecular weight excluding hydrogens is 460 g/mol. The van der Waals surface area contributed by atoms with Gasteiger partial charge in [0.15, 0.2) is 0 Å². The number of pyridine rings is 1. The number of halogens is 3. The van der Waals surface area contributed by atoms with Gasteiger partial charge in [0.05, 0.1) is 5.52 Å². The van der Waals surface area contributed by atoms with Crippen LogP contribution in [0.1, 0.15) is 5.56 Å². The zero-order valence-electron chi connectivity index (χ0n) is 17.8. The lowest BCUT2D eigenvalue weighted by Gasteiger charge is -2.10. The van der Waals surface area contributed by atoms with Crippen LogP contribution in [0, 0.1) is 5.82 Å². The van der Waals surface area contributed by atoms with E-state index in [1.165, 1.54) is 17.5 Å². The van der Waals surface area contributed by atoms with Crippen molar-refractivity contribution >= 4 is 46.6 Å². The number of aromatic nitrogens is 2. The molecule has 0 aliphatic heterocycles. The maximum Gasteiger partial charge on any atom is 0.129 e. The fourth-order valence-corrected chi connectivity index (χ4v) is 3.84. The van der Waals surface area contributed by atoms with Crippen LogP contribution in [0.4, 0.5) is 4.39 Å². The summed E-state index contributed by atoms with van der Waals surface area (Å²) in [6.07, 6.45) is 3.63. The molecule has 0 unspecified atom stereocenters. The molecule has 0 saturated heterocycles. The van der Waals surface area contributed by atoms with E-state index in [4.69, 9.17) is 4.74 Å². The van der Waals surface area contributed by atoms with E-state index in [2.05, 4.69) is 39.6 Å². The molecule has 0 amide bonds. The molecule has 4 nitrogen and oxygen atoms in total. The number of H-pyrrole nitrogens is 1. The van der Waals surface area contributed by atoms with Crippen molar-refractivity contribution in [3.63, 3.8) is 0 Å². The molecule has 0 fully saturated rings. The summed E-state index contributed by atoms with van der Waals surface area (Å²) < 4.78 is 19.2. The lowest BCUT2D eigenvalue weighted by Crippen LogP contribution is -2.20. The maximum absolute atomic E-state index is 13.1. The van der Waals surface area contributed by atoms with Gasteiger partial charge in [0.1, 0.15) is 18.2 Å². The lowest BCUT2D eigenvalue weighted by molar-refractivity contribution is 0.317. The van der Waals surface area contributed by atoms with Gasteiger partial charge in [-0.1, -0.05) is 36.4 Å². The molecule has 0 atom stereocenters. The van der Waals surface area contributed by atoms with Crippen LogP contribution in [-0.2, 0) is 6.54 Å². The van der Waals surface area contributed by atoms with Crippen molar-refractivity contribution in [2.45, 2.75) is 6.54 Å². The molecule has 5 rings (SSSR count). The van der Waals surface area contributed by atoms with Gasteiger partial charge in [0.2, 0.25) is 0 Å². The van der Waals surface area contributed by atoms with Crippen LogP contribution < -0.4 is 10.1 Å². The number of aromatic amines is 1. The first-order chi connectivity index (χ1) is 15.3. The van der Waals surface area contributed by atoms with Crippen molar-refractivity contribution in [1.29, 1.82) is 0 Å². The second-order valence-corrected chi connectivity index (χ2v) is 7.46. The molecule has 170 valence electrons. The Hall–Kier alpha value is -3.12. The summed E-state index contributed by atoms with van der Waals surface area (Å²) in [5.74, 6) is 0.648. The summed E-state index contributed by atoms with van der Waals surface area (Å²) in [6.45, 7) is 1.95. The Morgan fingerprint density at radius 2 is 1.64 bits per heavy atom. The first kappa shape index (κ1) is 24.5. The first-order valence-electron chi connectivity index (χ1n) is 10.3. The van der Waals surface area contributed by atoms with E-state index in [1.807, 2.05) is 30.5 Å². The maximum atomic E-state index is 13.1. The van der Waals surface area contributed by atoms with Crippen molar-refractivity contribution in [3.05, 3.63) is 96.6 Å². The topological polar surface area (TPSA) is 49.9 Å². The number of fused-ring (bicyclic) bond motifs is 3. The number of benzene rings is 3. The van der Waals surface area contributed by atoms with Gasteiger partial charge in [0.25, 0.3) is 0 Å². The number of nitrogens with one attached hydrogen (secondary N) is 2. The van der Waals surface area contributed by atoms with Crippen LogP contribution in [0.3, 0.4) is 0 Å². The fourth-order valence-electron chi connectivity index (χ4n) is 3.84. The van der Waals surface area contributed by atoms with Gasteiger partial charge >= 0.3 is 0 Å². The average Bonchev–Trinajstić information content (AvgIpc) is 3.19. The quantitative estimate of drug-likeness (QED) is 0.258. The number of para-hydroxylation sites is 1. The second kappa shape index (κ2) is 11.1. The molecule has 7 heteroatoms. The van der Waals surface area contributed by atoms with Gasteiger partial charge in [-0.2, -0.15) is 0 Å². The van der Waals surface area contributed by atoms with Gasteiger partial charge in [0, 0.05) is 47.3 Å². The molecule has 0 radical (unpaired) electrons. The lowest BCUT2D eigenvalue weighted by atomic mass is 10.1. The molecular formula is C26H24Cl2FN3O. The summed E-state index contributed by atoms with van der Waals surface area (Å²) in [4.78, 5) is 7.76. The minimum absolute atomic E-state index is 0. The fraction of sp³-hybridized carbons (Fsp3) is 0.115. The highest BCUT2D eigenvalue weighted by Crippen LogP contribution is 2.32. The van der Waals surface area contributed by atoms with Crippen LogP contribution in [-0.4, -0.2) is 23.1 Å². The molecule has 2 heterocycles. The number of nitrogens with zero attached hydrogens (tertiary/aromatic N) is 1. The summed E-state index contributed by atoms with van der Waals surface area (Å²) in [5, 5.41) is 5.70. The molecule has 5 aromatic rings. The Morgan fingerprint density at radius 1 is 0.848 bits per heavy atom. The number of hydrogen-bond acceptors (Lipinski definition) is 3. The highest BCUT2D eigenvalue weighted by atomic mass is 35.5. The van der Waals surface area contributed by atoms with E-state index in [0.717, 1.165) is 38.9 Å². The standard InChI is InChI=1S/C26H22FN3O.2ClH/c27-21-10-8-19(9-11-21)20-14-18(16-29-17-20)15-28-12-13-31-25-7-3-6-24-26(25)22-4-1-2-5-23(22)30-24;;/h1-11,14,16-17,28,30H,12-13,15H2;2*1H. The van der Waals surface area contributed by atoms with Crippen molar-refractivity contribution in [3.8, 4) is 16.9 Å². The van der Waals surface area contributed by atoms with Crippen molar-refractivity contribution < 1.29 is 9.13 Å². The molecule has 3 aromatic carbocycles. The third-order valence-corrected chi connectivity index (χ3v) is 5.33. The van der Waals surface area contributed by atoms with E-state index in [1.54, 1.807) is 18.3 Å². The number of rotatable bonds is 7. The van der Waals surface area contributed by atoms with E-state index in [0.29, 0.717) is 19.7 Å². The highest BCUT2D eigenvalue weighted by molar-refractivity contribution is 6.10. The zero-order chi connectivity index (χ0) is 21.0. The normalized spacial score (nSPS) is 10.6. The van der Waals surface area contributed by atoms with E-state index in [9.17, 15) is 4.39 Å². The number of ether oxygens (including phenoxy) is 1. The van der Waals surface area contributed by atoms with Crippen LogP contribution >= 0.6 is 24.8 Å². The summed E-state index contributed by atoms with van der Waals surface area (Å²) in [5.41, 5.74) is 5.18. The third-order valence-electron chi connectivity index (χ3n) is 5.33. The molecule has 0 spiro atoms. The minimum Gasteiger partial charge on any atom is -0.492 e. The SMILES string of the molecule is Cl.Cl.Fc1ccc(-c2cncc(CNCCOc3cccc4[nH]c5ccccc5c34)c2)cc1. The molecule has 33 heavy (non-hydrogen) atoms. The van der Waals surface area contributed by atoms with Crippen LogP contribution in [0.25, 0.3) is 32.9 Å². The molecule has 0 saturated carbocycles. The Kier molecular flexibility index (Phi) is 8.28. The van der Waals surface area contributed by atoms with E-state index in [-0.39, 0.29) is 30.6 Å². The smallest absolute Gasteiger partial charge is 0.129 e. The van der Waals surface area contributed by atoms with Crippen molar-refractivity contribution in [2.24, 2.45) is 0 Å². The molecule has 0 aliphatic rings. The van der Waals surface area contributed by atoms with Crippen molar-refractivity contribution in [1.82, 2.24) is 15.3 Å². The Morgan fingerprint density at radius 3 is 2.48 bits per heavy atom. The monoisotopic (exact) mass is 483 g/mol. The largest absolute Gasteiger partial charge is 0.492 e. The Balaban J connectivity index is 0.00000153. The van der Waals surface area contributed by atoms with Gasteiger partial charge in [-0.15, -0.1) is 24.8 Å². The Bertz CT molecular complexity index is 1340. The third kappa shape index (κ3) is 5.45. The predicted molar refractivity (Wildman–Crippen MR) is 137 cm³/mol.